The summed E-state index contributed by atoms with van der Waals surface area (Å²) in [6.45, 7) is 1.95. The van der Waals surface area contributed by atoms with Gasteiger partial charge in [-0.15, -0.1) is 0 Å². The molecule has 0 bridgehead atoms. The highest BCUT2D eigenvalue weighted by Gasteiger charge is 2.12. The van der Waals surface area contributed by atoms with E-state index >= 15 is 0 Å². The summed E-state index contributed by atoms with van der Waals surface area (Å²) >= 11 is 0. The van der Waals surface area contributed by atoms with Crippen molar-refractivity contribution in [3.8, 4) is 0 Å². The number of aromatic nitrogens is 1. The number of aromatic amines is 1. The van der Waals surface area contributed by atoms with Gasteiger partial charge in [0.05, 0.1) is 0 Å². The fourth-order valence-electron chi connectivity index (χ4n) is 1.53. The number of benzene rings is 1. The van der Waals surface area contributed by atoms with Crippen molar-refractivity contribution in [2.75, 3.05) is 0 Å². The molecule has 0 aliphatic heterocycles. The van der Waals surface area contributed by atoms with Crippen LogP contribution in [0.25, 0.3) is 10.9 Å². The molecule has 2 aromatic rings. The highest BCUT2D eigenvalue weighted by Crippen LogP contribution is 2.14. The van der Waals surface area contributed by atoms with Gasteiger partial charge in [0.2, 0.25) is 0 Å². The molecule has 1 aromatic carbocycles. The molecular formula is C9H10BNO2. The van der Waals surface area contributed by atoms with Crippen LogP contribution in [0.1, 0.15) is 5.56 Å². The molecule has 3 N–H and O–H groups in total. The molecule has 13 heavy (non-hydrogen) atoms. The van der Waals surface area contributed by atoms with Gasteiger partial charge in [0.15, 0.2) is 0 Å². The summed E-state index contributed by atoms with van der Waals surface area (Å²) < 4.78 is 0. The quantitative estimate of drug-likeness (QED) is 0.540. The number of rotatable bonds is 1. The van der Waals surface area contributed by atoms with Gasteiger partial charge in [0.1, 0.15) is 0 Å². The fraction of sp³-hybridized carbons (Fsp3) is 0.111. The number of aryl methyl sites for hydroxylation is 1. The SMILES string of the molecule is Cc1cc(B(O)O)cc2[nH]ccc12. The molecule has 1 aromatic heterocycles. The largest absolute Gasteiger partial charge is 0.488 e. The van der Waals surface area contributed by atoms with Gasteiger partial charge in [0, 0.05) is 17.1 Å². The summed E-state index contributed by atoms with van der Waals surface area (Å²) in [6.07, 6.45) is 1.84. The molecular weight excluding hydrogens is 165 g/mol. The molecule has 0 radical (unpaired) electrons. The first-order valence-electron chi connectivity index (χ1n) is 4.12. The van der Waals surface area contributed by atoms with Crippen LogP contribution in [0.15, 0.2) is 24.4 Å². The summed E-state index contributed by atoms with van der Waals surface area (Å²) in [7, 11) is -1.40. The maximum atomic E-state index is 8.99. The molecule has 2 rings (SSSR count). The molecule has 0 saturated carbocycles. The number of H-pyrrole nitrogens is 1. The molecule has 0 aliphatic rings. The van der Waals surface area contributed by atoms with E-state index in [0.717, 1.165) is 16.5 Å². The zero-order valence-corrected chi connectivity index (χ0v) is 7.28. The lowest BCUT2D eigenvalue weighted by atomic mass is 9.79. The first kappa shape index (κ1) is 8.35. The maximum absolute atomic E-state index is 8.99. The Morgan fingerprint density at radius 2 is 2.08 bits per heavy atom. The predicted molar refractivity (Wildman–Crippen MR) is 52.9 cm³/mol. The average Bonchev–Trinajstić information content (AvgIpc) is 2.51. The molecule has 0 spiro atoms. The summed E-state index contributed by atoms with van der Waals surface area (Å²) in [5.41, 5.74) is 2.50. The minimum atomic E-state index is -1.40. The van der Waals surface area contributed by atoms with Crippen molar-refractivity contribution in [3.63, 3.8) is 0 Å². The van der Waals surface area contributed by atoms with Crippen LogP contribution in [0.4, 0.5) is 0 Å². The fourth-order valence-corrected chi connectivity index (χ4v) is 1.53. The van der Waals surface area contributed by atoms with E-state index < -0.39 is 7.12 Å². The van der Waals surface area contributed by atoms with E-state index in [9.17, 15) is 0 Å². The second kappa shape index (κ2) is 2.90. The van der Waals surface area contributed by atoms with Crippen LogP contribution in [0.2, 0.25) is 0 Å². The molecule has 66 valence electrons. The van der Waals surface area contributed by atoms with Crippen molar-refractivity contribution in [3.05, 3.63) is 30.0 Å². The van der Waals surface area contributed by atoms with E-state index in [1.165, 1.54) is 0 Å². The Labute approximate surface area is 76.2 Å². The Balaban J connectivity index is 2.70. The Morgan fingerprint density at radius 3 is 2.77 bits per heavy atom. The third-order valence-electron chi connectivity index (χ3n) is 2.20. The molecule has 0 amide bonds. The van der Waals surface area contributed by atoms with Gasteiger partial charge in [-0.05, 0) is 30.1 Å². The van der Waals surface area contributed by atoms with E-state index in [4.69, 9.17) is 10.0 Å². The van der Waals surface area contributed by atoms with Crippen molar-refractivity contribution in [1.29, 1.82) is 0 Å². The van der Waals surface area contributed by atoms with E-state index in [1.807, 2.05) is 19.2 Å². The molecule has 0 fully saturated rings. The van der Waals surface area contributed by atoms with Crippen molar-refractivity contribution >= 4 is 23.5 Å². The van der Waals surface area contributed by atoms with Gasteiger partial charge < -0.3 is 15.0 Å². The Hall–Kier alpha value is -1.26. The van der Waals surface area contributed by atoms with E-state index in [2.05, 4.69) is 4.98 Å². The second-order valence-corrected chi connectivity index (χ2v) is 3.15. The number of hydrogen-bond donors (Lipinski definition) is 3. The van der Waals surface area contributed by atoms with Crippen molar-refractivity contribution in [2.24, 2.45) is 0 Å². The highest BCUT2D eigenvalue weighted by atomic mass is 16.4. The van der Waals surface area contributed by atoms with Gasteiger partial charge in [-0.1, -0.05) is 6.07 Å². The summed E-state index contributed by atoms with van der Waals surface area (Å²) in [6, 6.07) is 5.49. The average molecular weight is 175 g/mol. The van der Waals surface area contributed by atoms with Crippen LogP contribution in [-0.2, 0) is 0 Å². The number of hydrogen-bond acceptors (Lipinski definition) is 2. The maximum Gasteiger partial charge on any atom is 0.488 e. The van der Waals surface area contributed by atoms with Crippen LogP contribution in [0, 0.1) is 6.92 Å². The smallest absolute Gasteiger partial charge is 0.423 e. The lowest BCUT2D eigenvalue weighted by molar-refractivity contribution is 0.426. The first-order chi connectivity index (χ1) is 6.18. The van der Waals surface area contributed by atoms with Gasteiger partial charge in [-0.2, -0.15) is 0 Å². The zero-order valence-electron chi connectivity index (χ0n) is 7.28. The third kappa shape index (κ3) is 1.34. The van der Waals surface area contributed by atoms with Crippen LogP contribution in [0.3, 0.4) is 0 Å². The molecule has 0 atom stereocenters. The predicted octanol–water partition coefficient (Wildman–Crippen LogP) is 0.156. The Kier molecular flexibility index (Phi) is 1.86. The van der Waals surface area contributed by atoms with Gasteiger partial charge in [-0.25, -0.2) is 0 Å². The van der Waals surface area contributed by atoms with E-state index in [-0.39, 0.29) is 0 Å². The van der Waals surface area contributed by atoms with Gasteiger partial charge in [-0.3, -0.25) is 0 Å². The van der Waals surface area contributed by atoms with Gasteiger partial charge >= 0.3 is 7.12 Å². The minimum Gasteiger partial charge on any atom is -0.423 e. The summed E-state index contributed by atoms with van der Waals surface area (Å²) in [5, 5.41) is 19.1. The van der Waals surface area contributed by atoms with E-state index in [1.54, 1.807) is 12.1 Å². The van der Waals surface area contributed by atoms with Crippen LogP contribution in [-0.4, -0.2) is 22.2 Å². The van der Waals surface area contributed by atoms with Crippen molar-refractivity contribution < 1.29 is 10.0 Å². The lowest BCUT2D eigenvalue weighted by Gasteiger charge is -2.02. The topological polar surface area (TPSA) is 56.2 Å². The first-order valence-corrected chi connectivity index (χ1v) is 4.12. The second-order valence-electron chi connectivity index (χ2n) is 3.15. The minimum absolute atomic E-state index is 0.521. The standard InChI is InChI=1S/C9H10BNO2/c1-6-4-7(10(12)13)5-9-8(6)2-3-11-9/h2-5,11-13H,1H3. The molecule has 0 unspecified atom stereocenters. The molecule has 4 heteroatoms. The van der Waals surface area contributed by atoms with Gasteiger partial charge in [0.25, 0.3) is 0 Å². The van der Waals surface area contributed by atoms with Crippen LogP contribution in [0.5, 0.6) is 0 Å². The third-order valence-corrected chi connectivity index (χ3v) is 2.20. The summed E-state index contributed by atoms with van der Waals surface area (Å²) in [4.78, 5) is 3.03. The Morgan fingerprint density at radius 1 is 1.31 bits per heavy atom. The highest BCUT2D eigenvalue weighted by molar-refractivity contribution is 6.59. The Bertz CT molecular complexity index is 436. The zero-order chi connectivity index (χ0) is 9.42. The molecule has 1 heterocycles. The normalized spacial score (nSPS) is 10.7. The lowest BCUT2D eigenvalue weighted by Crippen LogP contribution is -2.29. The van der Waals surface area contributed by atoms with Crippen molar-refractivity contribution in [2.45, 2.75) is 6.92 Å². The van der Waals surface area contributed by atoms with Crippen molar-refractivity contribution in [1.82, 2.24) is 4.98 Å². The van der Waals surface area contributed by atoms with Crippen LogP contribution < -0.4 is 5.46 Å². The molecule has 0 saturated heterocycles. The summed E-state index contributed by atoms with van der Waals surface area (Å²) in [5.74, 6) is 0. The number of fused-ring (bicyclic) bond motifs is 1. The van der Waals surface area contributed by atoms with E-state index in [0.29, 0.717) is 5.46 Å². The monoisotopic (exact) mass is 175 g/mol. The molecule has 3 nitrogen and oxygen atoms in total. The van der Waals surface area contributed by atoms with Crippen LogP contribution >= 0.6 is 0 Å². The number of nitrogens with one attached hydrogen (secondary N) is 1. The molecule has 0 aliphatic carbocycles.